The minimum atomic E-state index is -4.51. The number of amides is 1. The van der Waals surface area contributed by atoms with Gasteiger partial charge in [-0.15, -0.1) is 0 Å². The van der Waals surface area contributed by atoms with Crippen molar-refractivity contribution in [1.29, 1.82) is 0 Å². The van der Waals surface area contributed by atoms with Crippen LogP contribution in [0.1, 0.15) is 15.9 Å². The van der Waals surface area contributed by atoms with Gasteiger partial charge in [0.05, 0.1) is 5.56 Å². The number of carbonyl (C=O) groups is 1. The van der Waals surface area contributed by atoms with E-state index in [0.717, 1.165) is 24.3 Å². The maximum atomic E-state index is 13.1. The third kappa shape index (κ3) is 4.31. The van der Waals surface area contributed by atoms with E-state index in [9.17, 15) is 26.7 Å². The van der Waals surface area contributed by atoms with Crippen LogP contribution in [0.2, 0.25) is 0 Å². The van der Waals surface area contributed by atoms with Gasteiger partial charge in [-0.25, -0.2) is 8.78 Å². The number of alkyl halides is 3. The molecule has 1 amide bonds. The van der Waals surface area contributed by atoms with Crippen molar-refractivity contribution in [2.24, 2.45) is 0 Å². The molecule has 2 rings (SSSR count). The first kappa shape index (κ1) is 17.5. The number of hydrogen-bond acceptors (Lipinski definition) is 2. The van der Waals surface area contributed by atoms with Gasteiger partial charge in [-0.2, -0.15) is 13.2 Å². The maximum Gasteiger partial charge on any atom is 0.416 e. The molecule has 2 aromatic carbocycles. The first-order valence-electron chi connectivity index (χ1n) is 6.56. The molecule has 0 aliphatic heterocycles. The van der Waals surface area contributed by atoms with Crippen LogP contribution in [0, 0.1) is 11.6 Å². The SMILES string of the molecule is C=C(NC(=O)c1ccc(F)c(F)c1)Nc1cccc(C(F)(F)F)c1. The minimum absolute atomic E-state index is 0.0559. The summed E-state index contributed by atoms with van der Waals surface area (Å²) in [7, 11) is 0. The average Bonchev–Trinajstić information content (AvgIpc) is 2.49. The van der Waals surface area contributed by atoms with Gasteiger partial charge in [0.2, 0.25) is 0 Å². The van der Waals surface area contributed by atoms with Crippen molar-refractivity contribution >= 4 is 11.6 Å². The summed E-state index contributed by atoms with van der Waals surface area (Å²) in [6, 6.07) is 6.82. The lowest BCUT2D eigenvalue weighted by atomic mass is 10.2. The Morgan fingerprint density at radius 1 is 1.00 bits per heavy atom. The molecule has 0 heterocycles. The van der Waals surface area contributed by atoms with Crippen LogP contribution in [-0.2, 0) is 6.18 Å². The lowest BCUT2D eigenvalue weighted by Gasteiger charge is -2.13. The monoisotopic (exact) mass is 342 g/mol. The quantitative estimate of drug-likeness (QED) is 0.814. The highest BCUT2D eigenvalue weighted by atomic mass is 19.4. The third-order valence-corrected chi connectivity index (χ3v) is 2.93. The van der Waals surface area contributed by atoms with Gasteiger partial charge in [0.15, 0.2) is 11.6 Å². The number of benzene rings is 2. The number of hydrogen-bond donors (Lipinski definition) is 2. The Morgan fingerprint density at radius 3 is 2.33 bits per heavy atom. The number of halogens is 5. The Kier molecular flexibility index (Phi) is 4.87. The molecule has 3 nitrogen and oxygen atoms in total. The fourth-order valence-corrected chi connectivity index (χ4v) is 1.83. The summed E-state index contributed by atoms with van der Waals surface area (Å²) in [5, 5.41) is 4.72. The lowest BCUT2D eigenvalue weighted by molar-refractivity contribution is -0.137. The summed E-state index contributed by atoms with van der Waals surface area (Å²) in [6.07, 6.45) is -4.51. The highest BCUT2D eigenvalue weighted by Gasteiger charge is 2.30. The van der Waals surface area contributed by atoms with Crippen molar-refractivity contribution in [3.05, 3.63) is 77.6 Å². The van der Waals surface area contributed by atoms with Gasteiger partial charge in [-0.3, -0.25) is 4.79 Å². The van der Waals surface area contributed by atoms with Crippen LogP contribution in [0.15, 0.2) is 54.9 Å². The Balaban J connectivity index is 2.05. The van der Waals surface area contributed by atoms with Crippen LogP contribution < -0.4 is 10.6 Å². The highest BCUT2D eigenvalue weighted by Crippen LogP contribution is 2.30. The van der Waals surface area contributed by atoms with Gasteiger partial charge in [0.1, 0.15) is 5.82 Å². The van der Waals surface area contributed by atoms with E-state index in [2.05, 4.69) is 17.2 Å². The van der Waals surface area contributed by atoms with Crippen molar-refractivity contribution in [2.45, 2.75) is 6.18 Å². The second-order valence-electron chi connectivity index (χ2n) is 4.77. The summed E-state index contributed by atoms with van der Waals surface area (Å²) >= 11 is 0. The fraction of sp³-hybridized carbons (Fsp3) is 0.0625. The van der Waals surface area contributed by atoms with E-state index in [-0.39, 0.29) is 17.1 Å². The standard InChI is InChI=1S/C16H11F5N2O/c1-9(22-12-4-2-3-11(8-12)16(19,20)21)23-15(24)10-5-6-13(17)14(18)7-10/h2-8,22H,1H2,(H,23,24). The van der Waals surface area contributed by atoms with Crippen LogP contribution in [0.4, 0.5) is 27.6 Å². The predicted octanol–water partition coefficient (Wildman–Crippen LogP) is 4.30. The smallest absolute Gasteiger partial charge is 0.342 e. The zero-order valence-corrected chi connectivity index (χ0v) is 12.0. The van der Waals surface area contributed by atoms with Crippen LogP contribution >= 0.6 is 0 Å². The molecule has 8 heteroatoms. The van der Waals surface area contributed by atoms with E-state index in [4.69, 9.17) is 0 Å². The molecule has 0 spiro atoms. The Bertz CT molecular complexity index is 786. The molecule has 24 heavy (non-hydrogen) atoms. The molecule has 2 aromatic rings. The van der Waals surface area contributed by atoms with Crippen LogP contribution in [-0.4, -0.2) is 5.91 Å². The molecule has 0 fully saturated rings. The summed E-state index contributed by atoms with van der Waals surface area (Å²) in [5.74, 6) is -3.21. The molecule has 0 radical (unpaired) electrons. The van der Waals surface area contributed by atoms with Gasteiger partial charge >= 0.3 is 6.18 Å². The van der Waals surface area contributed by atoms with Crippen molar-refractivity contribution in [3.63, 3.8) is 0 Å². The van der Waals surface area contributed by atoms with Gasteiger partial charge < -0.3 is 10.6 Å². The molecule has 126 valence electrons. The summed E-state index contributed by atoms with van der Waals surface area (Å²) in [5.41, 5.74) is -0.978. The van der Waals surface area contributed by atoms with Gasteiger partial charge in [0.25, 0.3) is 5.91 Å². The molecule has 0 aliphatic rings. The number of nitrogens with one attached hydrogen (secondary N) is 2. The predicted molar refractivity (Wildman–Crippen MR) is 78.0 cm³/mol. The molecule has 0 saturated carbocycles. The summed E-state index contributed by atoms with van der Waals surface area (Å²) < 4.78 is 63.8. The lowest BCUT2D eigenvalue weighted by Crippen LogP contribution is -2.26. The van der Waals surface area contributed by atoms with Gasteiger partial charge in [-0.1, -0.05) is 12.6 Å². The molecule has 0 unspecified atom stereocenters. The summed E-state index contributed by atoms with van der Waals surface area (Å²) in [6.45, 7) is 3.46. The van der Waals surface area contributed by atoms with Crippen molar-refractivity contribution in [1.82, 2.24) is 5.32 Å². The molecule has 0 aliphatic carbocycles. The topological polar surface area (TPSA) is 41.1 Å². The number of rotatable bonds is 4. The molecular formula is C16H11F5N2O. The molecular weight excluding hydrogens is 331 g/mol. The highest BCUT2D eigenvalue weighted by molar-refractivity contribution is 5.95. The zero-order valence-electron chi connectivity index (χ0n) is 12.0. The first-order chi connectivity index (χ1) is 11.2. The van der Waals surface area contributed by atoms with Gasteiger partial charge in [0, 0.05) is 11.3 Å². The van der Waals surface area contributed by atoms with Crippen molar-refractivity contribution in [2.75, 3.05) is 5.32 Å². The number of anilines is 1. The number of carbonyl (C=O) groups excluding carboxylic acids is 1. The Morgan fingerprint density at radius 2 is 1.71 bits per heavy atom. The second kappa shape index (κ2) is 6.69. The van der Waals surface area contributed by atoms with Crippen molar-refractivity contribution in [3.8, 4) is 0 Å². The second-order valence-corrected chi connectivity index (χ2v) is 4.77. The van der Waals surface area contributed by atoms with E-state index in [1.54, 1.807) is 0 Å². The molecule has 0 atom stereocenters. The molecule has 0 bridgehead atoms. The minimum Gasteiger partial charge on any atom is -0.342 e. The molecule has 0 aromatic heterocycles. The van der Waals surface area contributed by atoms with E-state index < -0.39 is 29.3 Å². The van der Waals surface area contributed by atoms with Crippen molar-refractivity contribution < 1.29 is 26.7 Å². The third-order valence-electron chi connectivity index (χ3n) is 2.93. The summed E-state index contributed by atoms with van der Waals surface area (Å²) in [4.78, 5) is 11.9. The Labute approximate surface area is 133 Å². The van der Waals surface area contributed by atoms with E-state index in [1.165, 1.54) is 12.1 Å². The first-order valence-corrected chi connectivity index (χ1v) is 6.56. The molecule has 2 N–H and O–H groups in total. The zero-order chi connectivity index (χ0) is 17.9. The fourth-order valence-electron chi connectivity index (χ4n) is 1.83. The maximum absolute atomic E-state index is 13.1. The van der Waals surface area contributed by atoms with E-state index in [0.29, 0.717) is 6.07 Å². The van der Waals surface area contributed by atoms with Crippen LogP contribution in [0.5, 0.6) is 0 Å². The Hall–Kier alpha value is -2.90. The normalized spacial score (nSPS) is 11.0. The van der Waals surface area contributed by atoms with Gasteiger partial charge in [-0.05, 0) is 36.4 Å². The van der Waals surface area contributed by atoms with Crippen LogP contribution in [0.25, 0.3) is 0 Å². The van der Waals surface area contributed by atoms with E-state index in [1.807, 2.05) is 0 Å². The van der Waals surface area contributed by atoms with E-state index >= 15 is 0 Å². The average molecular weight is 342 g/mol. The van der Waals surface area contributed by atoms with Crippen LogP contribution in [0.3, 0.4) is 0 Å². The molecule has 0 saturated heterocycles. The largest absolute Gasteiger partial charge is 0.416 e.